The molecule has 8 heteroatoms. The number of amides is 2. The molecule has 1 fully saturated rings. The van der Waals surface area contributed by atoms with Gasteiger partial charge in [-0.3, -0.25) is 14.5 Å². The van der Waals surface area contributed by atoms with Crippen molar-refractivity contribution in [1.82, 2.24) is 4.90 Å². The number of carbonyl (C=O) groups is 2. The van der Waals surface area contributed by atoms with Gasteiger partial charge in [-0.2, -0.15) is 0 Å². The van der Waals surface area contributed by atoms with Crippen LogP contribution >= 0.6 is 0 Å². The Bertz CT molecular complexity index is 1210. The minimum absolute atomic E-state index is 0.0145. The Balaban J connectivity index is 1.24. The van der Waals surface area contributed by atoms with Crippen molar-refractivity contribution >= 4 is 23.2 Å². The average molecular weight is 462 g/mol. The first-order valence-electron chi connectivity index (χ1n) is 11.3. The first-order chi connectivity index (χ1) is 16.5. The molecule has 5 rings (SSSR count). The molecular formula is C26H27N3O5. The molecule has 0 unspecified atom stereocenters. The third-order valence-electron chi connectivity index (χ3n) is 6.24. The molecule has 0 atom stereocenters. The number of para-hydroxylation sites is 2. The Hall–Kier alpha value is -3.94. The molecule has 3 aromatic rings. The van der Waals surface area contributed by atoms with Gasteiger partial charge in [0.1, 0.15) is 17.3 Å². The number of nitrogens with zero attached hydrogens (tertiary/aromatic N) is 3. The van der Waals surface area contributed by atoms with Crippen molar-refractivity contribution in [2.24, 2.45) is 0 Å². The van der Waals surface area contributed by atoms with Gasteiger partial charge in [0.15, 0.2) is 12.4 Å². The standard InChI is InChI=1S/C26H27N3O5/c1-18-7-9-21-24(15-18)33-17-25(30)29(21)16-19-8-10-23(34-19)26(31)28-13-11-27(12-14-28)20-5-3-4-6-22(20)32-2/h3-10,15H,11-14,16-17H2,1-2H3. The number of furan rings is 1. The fourth-order valence-electron chi connectivity index (χ4n) is 4.42. The molecule has 2 aromatic carbocycles. The van der Waals surface area contributed by atoms with Crippen molar-refractivity contribution in [3.05, 3.63) is 71.7 Å². The van der Waals surface area contributed by atoms with Crippen LogP contribution in [0.3, 0.4) is 0 Å². The summed E-state index contributed by atoms with van der Waals surface area (Å²) in [6, 6.07) is 17.1. The van der Waals surface area contributed by atoms with E-state index >= 15 is 0 Å². The molecule has 8 nitrogen and oxygen atoms in total. The highest BCUT2D eigenvalue weighted by Crippen LogP contribution is 2.34. The van der Waals surface area contributed by atoms with Crippen LogP contribution in [0.25, 0.3) is 0 Å². The molecule has 1 saturated heterocycles. The Morgan fingerprint density at radius 2 is 1.79 bits per heavy atom. The van der Waals surface area contributed by atoms with E-state index in [0.717, 1.165) is 17.0 Å². The largest absolute Gasteiger partial charge is 0.495 e. The SMILES string of the molecule is COc1ccccc1N1CCN(C(=O)c2ccc(CN3C(=O)COc4cc(C)ccc43)o2)CC1. The van der Waals surface area contributed by atoms with Crippen molar-refractivity contribution < 1.29 is 23.5 Å². The molecule has 2 aliphatic heterocycles. The lowest BCUT2D eigenvalue weighted by atomic mass is 10.1. The second-order valence-corrected chi connectivity index (χ2v) is 8.46. The van der Waals surface area contributed by atoms with Gasteiger partial charge in [0.05, 0.1) is 25.0 Å². The number of hydrogen-bond acceptors (Lipinski definition) is 6. The van der Waals surface area contributed by atoms with Gasteiger partial charge in [-0.05, 0) is 48.9 Å². The van der Waals surface area contributed by atoms with Gasteiger partial charge in [-0.15, -0.1) is 0 Å². The lowest BCUT2D eigenvalue weighted by Gasteiger charge is -2.36. The summed E-state index contributed by atoms with van der Waals surface area (Å²) < 4.78 is 16.9. The molecule has 2 aliphatic rings. The third-order valence-corrected chi connectivity index (χ3v) is 6.24. The number of piperazine rings is 1. The maximum Gasteiger partial charge on any atom is 0.289 e. The highest BCUT2D eigenvalue weighted by atomic mass is 16.5. The quantitative estimate of drug-likeness (QED) is 0.579. The number of rotatable bonds is 5. The number of aryl methyl sites for hydroxylation is 1. The summed E-state index contributed by atoms with van der Waals surface area (Å²) in [4.78, 5) is 31.2. The van der Waals surface area contributed by atoms with Crippen LogP contribution < -0.4 is 19.3 Å². The van der Waals surface area contributed by atoms with Crippen molar-refractivity contribution in [3.63, 3.8) is 0 Å². The van der Waals surface area contributed by atoms with Crippen LogP contribution in [0.4, 0.5) is 11.4 Å². The summed E-state index contributed by atoms with van der Waals surface area (Å²) >= 11 is 0. The number of anilines is 2. The lowest BCUT2D eigenvalue weighted by Crippen LogP contribution is -2.48. The van der Waals surface area contributed by atoms with Crippen LogP contribution in [-0.2, 0) is 11.3 Å². The van der Waals surface area contributed by atoms with Gasteiger partial charge in [-0.1, -0.05) is 18.2 Å². The van der Waals surface area contributed by atoms with Gasteiger partial charge >= 0.3 is 0 Å². The Kier molecular flexibility index (Phi) is 5.88. The molecule has 0 radical (unpaired) electrons. The van der Waals surface area contributed by atoms with E-state index in [2.05, 4.69) is 4.90 Å². The summed E-state index contributed by atoms with van der Waals surface area (Å²) in [5.74, 6) is 2.05. The maximum absolute atomic E-state index is 13.1. The number of fused-ring (bicyclic) bond motifs is 1. The van der Waals surface area contributed by atoms with Gasteiger partial charge in [0.2, 0.25) is 0 Å². The van der Waals surface area contributed by atoms with Crippen LogP contribution in [-0.4, -0.2) is 56.6 Å². The van der Waals surface area contributed by atoms with Crippen LogP contribution in [0.2, 0.25) is 0 Å². The number of methoxy groups -OCH3 is 1. The molecule has 0 spiro atoms. The predicted octanol–water partition coefficient (Wildman–Crippen LogP) is 3.48. The van der Waals surface area contributed by atoms with Crippen molar-refractivity contribution in [1.29, 1.82) is 0 Å². The second-order valence-electron chi connectivity index (χ2n) is 8.46. The zero-order valence-corrected chi connectivity index (χ0v) is 19.3. The van der Waals surface area contributed by atoms with E-state index in [4.69, 9.17) is 13.9 Å². The third kappa shape index (κ3) is 4.19. The Morgan fingerprint density at radius 1 is 1.00 bits per heavy atom. The molecule has 0 bridgehead atoms. The minimum atomic E-state index is -0.145. The van der Waals surface area contributed by atoms with E-state index in [9.17, 15) is 9.59 Å². The lowest BCUT2D eigenvalue weighted by molar-refractivity contribution is -0.121. The van der Waals surface area contributed by atoms with E-state index in [1.54, 1.807) is 29.0 Å². The summed E-state index contributed by atoms with van der Waals surface area (Å²) in [5, 5.41) is 0. The van der Waals surface area contributed by atoms with E-state index in [1.807, 2.05) is 49.4 Å². The highest BCUT2D eigenvalue weighted by molar-refractivity contribution is 5.97. The Labute approximate surface area is 198 Å². The van der Waals surface area contributed by atoms with E-state index in [-0.39, 0.29) is 30.7 Å². The Morgan fingerprint density at radius 3 is 2.59 bits per heavy atom. The predicted molar refractivity (Wildman–Crippen MR) is 128 cm³/mol. The summed E-state index contributed by atoms with van der Waals surface area (Å²) in [7, 11) is 1.66. The molecule has 1 aromatic heterocycles. The molecule has 2 amide bonds. The summed E-state index contributed by atoms with van der Waals surface area (Å²) in [5.41, 5.74) is 2.80. The number of carbonyl (C=O) groups excluding carboxylic acids is 2. The van der Waals surface area contributed by atoms with Gasteiger partial charge in [-0.25, -0.2) is 0 Å². The molecule has 176 valence electrons. The number of ether oxygens (including phenoxy) is 2. The van der Waals surface area contributed by atoms with Crippen molar-refractivity contribution in [2.45, 2.75) is 13.5 Å². The molecular weight excluding hydrogens is 434 g/mol. The van der Waals surface area contributed by atoms with E-state index in [0.29, 0.717) is 43.4 Å². The average Bonchev–Trinajstić information content (AvgIpc) is 3.34. The topological polar surface area (TPSA) is 75.5 Å². The van der Waals surface area contributed by atoms with Gasteiger partial charge in [0, 0.05) is 26.2 Å². The molecule has 0 aliphatic carbocycles. The zero-order valence-electron chi connectivity index (χ0n) is 19.3. The number of hydrogen-bond donors (Lipinski definition) is 0. The summed E-state index contributed by atoms with van der Waals surface area (Å²) in [6.45, 7) is 4.79. The minimum Gasteiger partial charge on any atom is -0.495 e. The first kappa shape index (κ1) is 21.9. The zero-order chi connectivity index (χ0) is 23.7. The van der Waals surface area contributed by atoms with Crippen LogP contribution in [0.15, 0.2) is 59.0 Å². The van der Waals surface area contributed by atoms with Gasteiger partial charge in [0.25, 0.3) is 11.8 Å². The number of benzene rings is 2. The molecule has 0 N–H and O–H groups in total. The van der Waals surface area contributed by atoms with E-state index < -0.39 is 0 Å². The maximum atomic E-state index is 13.1. The van der Waals surface area contributed by atoms with Crippen LogP contribution in [0.1, 0.15) is 21.9 Å². The first-order valence-corrected chi connectivity index (χ1v) is 11.3. The monoisotopic (exact) mass is 461 g/mol. The van der Waals surface area contributed by atoms with Crippen molar-refractivity contribution in [2.75, 3.05) is 49.7 Å². The van der Waals surface area contributed by atoms with Gasteiger partial charge < -0.3 is 23.7 Å². The smallest absolute Gasteiger partial charge is 0.289 e. The highest BCUT2D eigenvalue weighted by Gasteiger charge is 2.28. The summed E-state index contributed by atoms with van der Waals surface area (Å²) in [6.07, 6.45) is 0. The normalized spacial score (nSPS) is 15.7. The van der Waals surface area contributed by atoms with Crippen LogP contribution in [0, 0.1) is 6.92 Å². The van der Waals surface area contributed by atoms with Crippen LogP contribution in [0.5, 0.6) is 11.5 Å². The molecule has 34 heavy (non-hydrogen) atoms. The van der Waals surface area contributed by atoms with E-state index in [1.165, 1.54) is 0 Å². The molecule has 0 saturated carbocycles. The fraction of sp³-hybridized carbons (Fsp3) is 0.308. The fourth-order valence-corrected chi connectivity index (χ4v) is 4.42. The molecule has 3 heterocycles. The van der Waals surface area contributed by atoms with Crippen molar-refractivity contribution in [3.8, 4) is 11.5 Å². The second kappa shape index (κ2) is 9.13.